The lowest BCUT2D eigenvalue weighted by molar-refractivity contribution is -0.131. The van der Waals surface area contributed by atoms with Gasteiger partial charge >= 0.3 is 5.97 Å². The summed E-state index contributed by atoms with van der Waals surface area (Å²) in [5, 5.41) is 9.64. The third-order valence-corrected chi connectivity index (χ3v) is 3.25. The Morgan fingerprint density at radius 1 is 1.32 bits per heavy atom. The number of aryl methyl sites for hydroxylation is 3. The fourth-order valence-electron chi connectivity index (χ4n) is 2.18. The van der Waals surface area contributed by atoms with Crippen LogP contribution in [0.3, 0.4) is 0 Å². The number of pyridine rings is 1. The third-order valence-electron chi connectivity index (χ3n) is 3.25. The van der Waals surface area contributed by atoms with Crippen molar-refractivity contribution < 1.29 is 9.90 Å². The maximum atomic E-state index is 12.2. The number of hydrogen-bond acceptors (Lipinski definition) is 2. The molecular weight excluding hydrogens is 242 g/mol. The molecule has 0 aliphatic rings. The summed E-state index contributed by atoms with van der Waals surface area (Å²) in [5.74, 6) is -1.06. The Morgan fingerprint density at radius 2 is 2.00 bits per heavy atom. The van der Waals surface area contributed by atoms with Crippen LogP contribution in [-0.2, 0) is 11.8 Å². The molecule has 1 aromatic carbocycles. The number of aliphatic carboxylic acids is 1. The topological polar surface area (TPSA) is 59.3 Å². The Labute approximate surface area is 110 Å². The van der Waals surface area contributed by atoms with Gasteiger partial charge in [0.15, 0.2) is 0 Å². The van der Waals surface area contributed by atoms with Crippen molar-refractivity contribution in [2.75, 3.05) is 0 Å². The number of benzene rings is 1. The average molecular weight is 257 g/mol. The monoisotopic (exact) mass is 257 g/mol. The van der Waals surface area contributed by atoms with Crippen molar-refractivity contribution in [2.45, 2.75) is 13.8 Å². The summed E-state index contributed by atoms with van der Waals surface area (Å²) in [6, 6.07) is 5.89. The molecule has 0 spiro atoms. The quantitative estimate of drug-likeness (QED) is 0.839. The highest BCUT2D eigenvalue weighted by atomic mass is 16.4. The SMILES string of the molecule is Cc1ccc2c(C)c(/C=C/C(=O)O)c(=O)n(C)c2c1. The van der Waals surface area contributed by atoms with Crippen LogP contribution in [-0.4, -0.2) is 15.6 Å². The molecule has 0 saturated carbocycles. The lowest BCUT2D eigenvalue weighted by Crippen LogP contribution is -2.21. The van der Waals surface area contributed by atoms with Crippen LogP contribution >= 0.6 is 0 Å². The molecule has 0 bridgehead atoms. The third kappa shape index (κ3) is 2.29. The van der Waals surface area contributed by atoms with Crippen molar-refractivity contribution in [3.05, 3.63) is 51.3 Å². The van der Waals surface area contributed by atoms with Gasteiger partial charge in [0.05, 0.1) is 5.52 Å². The summed E-state index contributed by atoms with van der Waals surface area (Å²) >= 11 is 0. The van der Waals surface area contributed by atoms with E-state index in [-0.39, 0.29) is 5.56 Å². The Morgan fingerprint density at radius 3 is 2.63 bits per heavy atom. The second-order valence-electron chi connectivity index (χ2n) is 4.60. The van der Waals surface area contributed by atoms with Crippen LogP contribution in [0.25, 0.3) is 17.0 Å². The summed E-state index contributed by atoms with van der Waals surface area (Å²) in [7, 11) is 1.70. The van der Waals surface area contributed by atoms with Crippen LogP contribution in [0, 0.1) is 13.8 Å². The molecule has 0 amide bonds. The second-order valence-corrected chi connectivity index (χ2v) is 4.60. The minimum atomic E-state index is -1.06. The first-order valence-electron chi connectivity index (χ1n) is 5.92. The van der Waals surface area contributed by atoms with E-state index in [0.717, 1.165) is 28.1 Å². The van der Waals surface area contributed by atoms with Crippen LogP contribution in [0.1, 0.15) is 16.7 Å². The van der Waals surface area contributed by atoms with Crippen LogP contribution in [0.5, 0.6) is 0 Å². The van der Waals surface area contributed by atoms with Gasteiger partial charge in [0.1, 0.15) is 0 Å². The maximum absolute atomic E-state index is 12.2. The number of fused-ring (bicyclic) bond motifs is 1. The molecule has 0 aliphatic carbocycles. The molecule has 98 valence electrons. The van der Waals surface area contributed by atoms with E-state index in [9.17, 15) is 9.59 Å². The molecule has 1 aromatic heterocycles. The number of carboxylic acids is 1. The number of carbonyl (C=O) groups is 1. The average Bonchev–Trinajstić information content (AvgIpc) is 2.35. The van der Waals surface area contributed by atoms with Crippen LogP contribution < -0.4 is 5.56 Å². The summed E-state index contributed by atoms with van der Waals surface area (Å²) < 4.78 is 1.55. The summed E-state index contributed by atoms with van der Waals surface area (Å²) in [4.78, 5) is 22.8. The molecule has 2 rings (SSSR count). The van der Waals surface area contributed by atoms with E-state index in [2.05, 4.69) is 0 Å². The van der Waals surface area contributed by atoms with Gasteiger partial charge in [-0.3, -0.25) is 4.79 Å². The first-order valence-corrected chi connectivity index (χ1v) is 5.92. The molecule has 1 N–H and O–H groups in total. The lowest BCUT2D eigenvalue weighted by atomic mass is 10.0. The Balaban J connectivity index is 2.84. The smallest absolute Gasteiger partial charge is 0.328 e. The molecule has 0 saturated heterocycles. The highest BCUT2D eigenvalue weighted by Gasteiger charge is 2.10. The minimum absolute atomic E-state index is 0.187. The molecule has 4 heteroatoms. The molecule has 0 atom stereocenters. The first-order chi connectivity index (χ1) is 8.91. The van der Waals surface area contributed by atoms with Gasteiger partial charge in [-0.2, -0.15) is 0 Å². The second kappa shape index (κ2) is 4.72. The summed E-state index contributed by atoms with van der Waals surface area (Å²) in [6.07, 6.45) is 2.35. The zero-order chi connectivity index (χ0) is 14.2. The van der Waals surface area contributed by atoms with Gasteiger partial charge in [0.2, 0.25) is 0 Å². The lowest BCUT2D eigenvalue weighted by Gasteiger charge is -2.11. The molecule has 0 radical (unpaired) electrons. The largest absolute Gasteiger partial charge is 0.478 e. The van der Waals surface area contributed by atoms with Crippen molar-refractivity contribution in [1.82, 2.24) is 4.57 Å². The number of aromatic nitrogens is 1. The fraction of sp³-hybridized carbons (Fsp3) is 0.200. The maximum Gasteiger partial charge on any atom is 0.328 e. The van der Waals surface area contributed by atoms with Gasteiger partial charge in [-0.25, -0.2) is 4.79 Å². The summed E-state index contributed by atoms with van der Waals surface area (Å²) in [5.41, 5.74) is 2.97. The Kier molecular flexibility index (Phi) is 3.25. The highest BCUT2D eigenvalue weighted by Crippen LogP contribution is 2.20. The minimum Gasteiger partial charge on any atom is -0.478 e. The van der Waals surface area contributed by atoms with Crippen molar-refractivity contribution in [3.63, 3.8) is 0 Å². The predicted molar refractivity (Wildman–Crippen MR) is 75.3 cm³/mol. The molecule has 1 heterocycles. The van der Waals surface area contributed by atoms with Crippen LogP contribution in [0.2, 0.25) is 0 Å². The molecule has 0 aliphatic heterocycles. The fourth-order valence-corrected chi connectivity index (χ4v) is 2.18. The normalized spacial score (nSPS) is 11.3. The Bertz CT molecular complexity index is 754. The first kappa shape index (κ1) is 13.1. The van der Waals surface area contributed by atoms with E-state index in [4.69, 9.17) is 5.11 Å². The molecule has 0 fully saturated rings. The van der Waals surface area contributed by atoms with Crippen molar-refractivity contribution in [2.24, 2.45) is 7.05 Å². The number of nitrogens with zero attached hydrogens (tertiary/aromatic N) is 1. The zero-order valence-corrected chi connectivity index (χ0v) is 11.1. The van der Waals surface area contributed by atoms with Gasteiger partial charge in [-0.1, -0.05) is 12.1 Å². The van der Waals surface area contributed by atoms with E-state index in [1.807, 2.05) is 32.0 Å². The van der Waals surface area contributed by atoms with Crippen molar-refractivity contribution >= 4 is 22.9 Å². The predicted octanol–water partition coefficient (Wildman–Crippen LogP) is 2.25. The van der Waals surface area contributed by atoms with Crippen molar-refractivity contribution in [3.8, 4) is 0 Å². The van der Waals surface area contributed by atoms with E-state index in [1.165, 1.54) is 6.08 Å². The Hall–Kier alpha value is -2.36. The van der Waals surface area contributed by atoms with E-state index in [1.54, 1.807) is 11.6 Å². The standard InChI is InChI=1S/C15H15NO3/c1-9-4-5-11-10(2)12(6-7-14(17)18)15(19)16(3)13(11)8-9/h4-8H,1-3H3,(H,17,18)/b7-6+. The van der Waals surface area contributed by atoms with E-state index < -0.39 is 5.97 Å². The number of rotatable bonds is 2. The van der Waals surface area contributed by atoms with Gasteiger partial charge in [-0.15, -0.1) is 0 Å². The molecule has 2 aromatic rings. The molecule has 4 nitrogen and oxygen atoms in total. The van der Waals surface area contributed by atoms with Crippen molar-refractivity contribution in [1.29, 1.82) is 0 Å². The van der Waals surface area contributed by atoms with Gasteiger partial charge in [0, 0.05) is 24.1 Å². The van der Waals surface area contributed by atoms with Crippen LogP contribution in [0.4, 0.5) is 0 Å². The summed E-state index contributed by atoms with van der Waals surface area (Å²) in [6.45, 7) is 3.80. The van der Waals surface area contributed by atoms with Gasteiger partial charge in [-0.05, 0) is 37.1 Å². The molecular formula is C15H15NO3. The van der Waals surface area contributed by atoms with E-state index >= 15 is 0 Å². The van der Waals surface area contributed by atoms with E-state index in [0.29, 0.717) is 5.56 Å². The molecule has 0 unspecified atom stereocenters. The van der Waals surface area contributed by atoms with Crippen LogP contribution in [0.15, 0.2) is 29.1 Å². The zero-order valence-electron chi connectivity index (χ0n) is 11.1. The highest BCUT2D eigenvalue weighted by molar-refractivity contribution is 5.89. The number of hydrogen-bond donors (Lipinski definition) is 1. The van der Waals surface area contributed by atoms with Gasteiger partial charge < -0.3 is 9.67 Å². The molecule has 19 heavy (non-hydrogen) atoms. The number of carboxylic acid groups (broad SMARTS) is 1. The van der Waals surface area contributed by atoms with Gasteiger partial charge in [0.25, 0.3) is 5.56 Å².